The summed E-state index contributed by atoms with van der Waals surface area (Å²) in [5, 5.41) is 10.3. The second-order valence-corrected chi connectivity index (χ2v) is 7.97. The Morgan fingerprint density at radius 2 is 2.11 bits per heavy atom. The molecule has 1 aromatic carbocycles. The van der Waals surface area contributed by atoms with Crippen LogP contribution in [0.3, 0.4) is 0 Å². The Bertz CT molecular complexity index is 920. The average molecular weight is 377 g/mol. The van der Waals surface area contributed by atoms with Crippen LogP contribution in [0.2, 0.25) is 0 Å². The van der Waals surface area contributed by atoms with Crippen LogP contribution in [0.25, 0.3) is 16.1 Å². The summed E-state index contributed by atoms with van der Waals surface area (Å²) in [6.07, 6.45) is 13.3. The fourth-order valence-corrected chi connectivity index (χ4v) is 3.90. The number of benzene rings is 1. The van der Waals surface area contributed by atoms with Crippen LogP contribution in [-0.4, -0.2) is 11.1 Å². The summed E-state index contributed by atoms with van der Waals surface area (Å²) in [5.74, 6) is 0.611. The lowest BCUT2D eigenvalue weighted by molar-refractivity contribution is 0.242. The van der Waals surface area contributed by atoms with Gasteiger partial charge in [0, 0.05) is 11.8 Å². The monoisotopic (exact) mass is 376 g/mol. The second kappa shape index (κ2) is 8.83. The van der Waals surface area contributed by atoms with Gasteiger partial charge in [-0.3, -0.25) is 0 Å². The van der Waals surface area contributed by atoms with Gasteiger partial charge in [-0.15, -0.1) is 11.3 Å². The van der Waals surface area contributed by atoms with E-state index in [0.29, 0.717) is 11.3 Å². The molecule has 3 rings (SSSR count). The van der Waals surface area contributed by atoms with E-state index in [9.17, 15) is 5.26 Å². The van der Waals surface area contributed by atoms with Gasteiger partial charge >= 0.3 is 0 Å². The van der Waals surface area contributed by atoms with Crippen molar-refractivity contribution in [2.45, 2.75) is 45.6 Å². The van der Waals surface area contributed by atoms with Crippen LogP contribution in [0.5, 0.6) is 5.75 Å². The summed E-state index contributed by atoms with van der Waals surface area (Å²) in [7, 11) is 0. The van der Waals surface area contributed by atoms with Gasteiger partial charge in [-0.05, 0) is 63.3 Å². The maximum Gasteiger partial charge on any atom is 0.137 e. The molecule has 0 saturated heterocycles. The SMILES string of the molecule is C=C(/C=C\C=C1CCCC1)c1cnc(-c2ccc(OC(C)C)c(C#N)c2)s1. The second-order valence-electron chi connectivity index (χ2n) is 6.94. The number of hydrogen-bond donors (Lipinski definition) is 0. The summed E-state index contributed by atoms with van der Waals surface area (Å²) >= 11 is 1.58. The van der Waals surface area contributed by atoms with Gasteiger partial charge in [0.1, 0.15) is 16.8 Å². The highest BCUT2D eigenvalue weighted by atomic mass is 32.1. The Hall–Kier alpha value is -2.64. The van der Waals surface area contributed by atoms with Gasteiger partial charge in [0.15, 0.2) is 0 Å². The van der Waals surface area contributed by atoms with E-state index in [1.54, 1.807) is 11.3 Å². The molecule has 0 unspecified atom stereocenters. The molecule has 0 atom stereocenters. The highest BCUT2D eigenvalue weighted by Crippen LogP contribution is 2.32. The molecule has 1 aromatic heterocycles. The minimum Gasteiger partial charge on any atom is -0.490 e. The Kier molecular flexibility index (Phi) is 6.26. The largest absolute Gasteiger partial charge is 0.490 e. The minimum atomic E-state index is 0.0312. The lowest BCUT2D eigenvalue weighted by Crippen LogP contribution is -2.06. The number of rotatable bonds is 6. The molecule has 3 nitrogen and oxygen atoms in total. The molecule has 1 aliphatic rings. The summed E-state index contributed by atoms with van der Waals surface area (Å²) in [6.45, 7) is 8.06. The maximum absolute atomic E-state index is 9.41. The highest BCUT2D eigenvalue weighted by Gasteiger charge is 2.11. The van der Waals surface area contributed by atoms with Crippen molar-refractivity contribution in [3.63, 3.8) is 0 Å². The zero-order valence-corrected chi connectivity index (χ0v) is 16.7. The van der Waals surface area contributed by atoms with Gasteiger partial charge in [-0.25, -0.2) is 4.98 Å². The molecule has 0 bridgehead atoms. The van der Waals surface area contributed by atoms with Crippen LogP contribution in [0.1, 0.15) is 50.0 Å². The van der Waals surface area contributed by atoms with E-state index in [-0.39, 0.29) is 6.10 Å². The molecule has 1 heterocycles. The first-order valence-electron chi connectivity index (χ1n) is 9.29. The summed E-state index contributed by atoms with van der Waals surface area (Å²) in [4.78, 5) is 5.55. The molecule has 0 N–H and O–H groups in total. The number of ether oxygens (including phenoxy) is 1. The maximum atomic E-state index is 9.41. The normalized spacial score (nSPS) is 13.9. The topological polar surface area (TPSA) is 45.9 Å². The van der Waals surface area contributed by atoms with E-state index in [1.165, 1.54) is 31.3 Å². The highest BCUT2D eigenvalue weighted by molar-refractivity contribution is 7.16. The van der Waals surface area contributed by atoms with E-state index >= 15 is 0 Å². The average Bonchev–Trinajstić information content (AvgIpc) is 3.33. The first-order valence-corrected chi connectivity index (χ1v) is 10.1. The molecule has 0 amide bonds. The third-order valence-corrected chi connectivity index (χ3v) is 5.53. The van der Waals surface area contributed by atoms with Crippen LogP contribution in [0, 0.1) is 11.3 Å². The number of nitriles is 1. The van der Waals surface area contributed by atoms with E-state index < -0.39 is 0 Å². The quantitative estimate of drug-likeness (QED) is 0.538. The summed E-state index contributed by atoms with van der Waals surface area (Å²) in [6, 6.07) is 7.84. The Morgan fingerprint density at radius 3 is 2.81 bits per heavy atom. The van der Waals surface area contributed by atoms with Gasteiger partial charge in [0.2, 0.25) is 0 Å². The summed E-state index contributed by atoms with van der Waals surface area (Å²) < 4.78 is 5.69. The molecular weight excluding hydrogens is 352 g/mol. The molecule has 0 aliphatic heterocycles. The van der Waals surface area contributed by atoms with Crippen LogP contribution < -0.4 is 4.74 Å². The molecule has 138 valence electrons. The van der Waals surface area contributed by atoms with Crippen molar-refractivity contribution >= 4 is 16.9 Å². The fourth-order valence-electron chi connectivity index (χ4n) is 3.04. The van der Waals surface area contributed by atoms with Crippen LogP contribution in [0.15, 0.2) is 54.8 Å². The number of allylic oxidation sites excluding steroid dienone is 5. The zero-order valence-electron chi connectivity index (χ0n) is 15.9. The number of aromatic nitrogens is 1. The standard InChI is InChI=1S/C23H24N2OS/c1-16(2)26-21-12-11-19(13-20(21)14-24)23-25-15-22(27-23)17(3)7-6-10-18-8-4-5-9-18/h6-7,10-13,15-16H,3-5,8-9H2,1-2H3/b7-6-. The van der Waals surface area contributed by atoms with Crippen molar-refractivity contribution in [2.24, 2.45) is 0 Å². The molecule has 4 heteroatoms. The van der Waals surface area contributed by atoms with Gasteiger partial charge in [0.25, 0.3) is 0 Å². The number of thiazole rings is 1. The van der Waals surface area contributed by atoms with Crippen LogP contribution in [-0.2, 0) is 0 Å². The van der Waals surface area contributed by atoms with Crippen molar-refractivity contribution in [1.82, 2.24) is 4.98 Å². The molecule has 27 heavy (non-hydrogen) atoms. The lowest BCUT2D eigenvalue weighted by Gasteiger charge is -2.11. The summed E-state index contributed by atoms with van der Waals surface area (Å²) in [5.41, 5.74) is 3.93. The van der Waals surface area contributed by atoms with Gasteiger partial charge in [-0.1, -0.05) is 30.4 Å². The van der Waals surface area contributed by atoms with E-state index in [2.05, 4.69) is 29.8 Å². The first-order chi connectivity index (χ1) is 13.1. The molecule has 1 fully saturated rings. The van der Waals surface area contributed by atoms with Crippen molar-refractivity contribution in [2.75, 3.05) is 0 Å². The predicted molar refractivity (Wildman–Crippen MR) is 113 cm³/mol. The molecule has 0 radical (unpaired) electrons. The molecule has 2 aromatic rings. The Balaban J connectivity index is 1.75. The van der Waals surface area contributed by atoms with Crippen LogP contribution in [0.4, 0.5) is 0 Å². The Morgan fingerprint density at radius 1 is 1.33 bits per heavy atom. The van der Waals surface area contributed by atoms with Crippen molar-refractivity contribution in [3.05, 3.63) is 65.2 Å². The van der Waals surface area contributed by atoms with Gasteiger partial charge in [0.05, 0.1) is 16.5 Å². The first kappa shape index (κ1) is 19.1. The van der Waals surface area contributed by atoms with Crippen molar-refractivity contribution < 1.29 is 4.74 Å². The van der Waals surface area contributed by atoms with E-state index in [4.69, 9.17) is 4.74 Å². The third kappa shape index (κ3) is 4.96. The number of nitrogens with zero attached hydrogens (tertiary/aromatic N) is 2. The molecular formula is C23H24N2OS. The minimum absolute atomic E-state index is 0.0312. The zero-order chi connectivity index (χ0) is 19.2. The van der Waals surface area contributed by atoms with Gasteiger partial charge < -0.3 is 4.74 Å². The van der Waals surface area contributed by atoms with Crippen molar-refractivity contribution in [1.29, 1.82) is 5.26 Å². The van der Waals surface area contributed by atoms with Crippen LogP contribution >= 0.6 is 11.3 Å². The van der Waals surface area contributed by atoms with Gasteiger partial charge in [-0.2, -0.15) is 5.26 Å². The third-order valence-electron chi connectivity index (χ3n) is 4.41. The molecule has 0 spiro atoms. The van der Waals surface area contributed by atoms with Crippen molar-refractivity contribution in [3.8, 4) is 22.4 Å². The predicted octanol–water partition coefficient (Wildman–Crippen LogP) is 6.54. The number of hydrogen-bond acceptors (Lipinski definition) is 4. The lowest BCUT2D eigenvalue weighted by atomic mass is 10.1. The van der Waals surface area contributed by atoms with E-state index in [0.717, 1.165) is 21.0 Å². The Labute approximate surface area is 165 Å². The molecule has 1 aliphatic carbocycles. The molecule has 1 saturated carbocycles. The van der Waals surface area contributed by atoms with E-state index in [1.807, 2.05) is 44.3 Å². The smallest absolute Gasteiger partial charge is 0.137 e. The fraction of sp³-hybridized carbons (Fsp3) is 0.304.